The molecule has 2 aliphatic heterocycles. The number of benzene rings is 1. The molecule has 176 valence electrons. The van der Waals surface area contributed by atoms with Gasteiger partial charge in [0.2, 0.25) is 0 Å². The molecule has 1 saturated carbocycles. The van der Waals surface area contributed by atoms with Crippen LogP contribution < -0.4 is 15.2 Å². The van der Waals surface area contributed by atoms with Gasteiger partial charge in [-0.25, -0.2) is 0 Å². The summed E-state index contributed by atoms with van der Waals surface area (Å²) >= 11 is 0. The number of morpholine rings is 1. The Balaban J connectivity index is 1.69. The summed E-state index contributed by atoms with van der Waals surface area (Å²) in [5, 5.41) is 2.26. The number of fused-ring (bicyclic) bond motifs is 6. The molecule has 1 aromatic heterocycles. The van der Waals surface area contributed by atoms with Gasteiger partial charge in [-0.15, -0.1) is 0 Å². The van der Waals surface area contributed by atoms with Gasteiger partial charge in [0.15, 0.2) is 11.2 Å². The van der Waals surface area contributed by atoms with Crippen molar-refractivity contribution in [2.24, 2.45) is 0 Å². The highest BCUT2D eigenvalue weighted by Crippen LogP contribution is 2.50. The number of pyridine rings is 1. The Morgan fingerprint density at radius 2 is 1.97 bits per heavy atom. The van der Waals surface area contributed by atoms with Crippen LogP contribution in [0.1, 0.15) is 73.5 Å². The molecular weight excluding hydrogens is 420 g/mol. The minimum atomic E-state index is -0.326. The molecule has 2 aromatic rings. The molecule has 3 heterocycles. The summed E-state index contributed by atoms with van der Waals surface area (Å²) in [7, 11) is 1.70. The van der Waals surface area contributed by atoms with Crippen LogP contribution in [0.15, 0.2) is 29.2 Å². The van der Waals surface area contributed by atoms with E-state index >= 15 is 0 Å². The van der Waals surface area contributed by atoms with Gasteiger partial charge < -0.3 is 14.2 Å². The SMILES string of the molecule is COCCCOc1cc2c(cc1C1CC1)-c1cc(=O)c(C(C)=O)cn1N1[C@@H]2COCC1(C)C. The molecule has 0 spiro atoms. The summed E-state index contributed by atoms with van der Waals surface area (Å²) in [6, 6.07) is 5.93. The number of carbonyl (C=O) groups is 1. The summed E-state index contributed by atoms with van der Waals surface area (Å²) in [6.45, 7) is 8.04. The molecule has 1 aromatic carbocycles. The third kappa shape index (κ3) is 3.87. The van der Waals surface area contributed by atoms with Gasteiger partial charge in [0, 0.05) is 38.0 Å². The van der Waals surface area contributed by atoms with Gasteiger partial charge in [-0.2, -0.15) is 0 Å². The molecule has 1 saturated heterocycles. The van der Waals surface area contributed by atoms with Gasteiger partial charge in [0.1, 0.15) is 5.75 Å². The molecule has 0 unspecified atom stereocenters. The lowest BCUT2D eigenvalue weighted by Gasteiger charge is -2.53. The fraction of sp³-hybridized carbons (Fsp3) is 0.538. The van der Waals surface area contributed by atoms with Crippen LogP contribution in [-0.4, -0.2) is 49.5 Å². The summed E-state index contributed by atoms with van der Waals surface area (Å²) in [5.74, 6) is 1.19. The van der Waals surface area contributed by atoms with E-state index in [4.69, 9.17) is 14.2 Å². The minimum absolute atomic E-state index is 0.0480. The van der Waals surface area contributed by atoms with Gasteiger partial charge >= 0.3 is 0 Å². The lowest BCUT2D eigenvalue weighted by atomic mass is 9.88. The van der Waals surface area contributed by atoms with Crippen molar-refractivity contribution in [3.8, 4) is 17.0 Å². The molecule has 0 amide bonds. The fourth-order valence-corrected chi connectivity index (χ4v) is 5.14. The predicted octanol–water partition coefficient (Wildman–Crippen LogP) is 3.81. The molecule has 5 rings (SSSR count). The number of hydrogen-bond donors (Lipinski definition) is 0. The van der Waals surface area contributed by atoms with Crippen LogP contribution in [0.3, 0.4) is 0 Å². The average Bonchev–Trinajstić information content (AvgIpc) is 3.61. The summed E-state index contributed by atoms with van der Waals surface area (Å²) in [4.78, 5) is 25.0. The Bertz CT molecular complexity index is 1150. The number of carbonyl (C=O) groups excluding carboxylic acids is 1. The Hall–Kier alpha value is -2.64. The Morgan fingerprint density at radius 1 is 1.18 bits per heavy atom. The van der Waals surface area contributed by atoms with Crippen molar-refractivity contribution < 1.29 is 19.0 Å². The van der Waals surface area contributed by atoms with Crippen molar-refractivity contribution in [3.05, 3.63) is 51.3 Å². The normalized spacial score (nSPS) is 20.6. The molecule has 3 aliphatic rings. The summed E-state index contributed by atoms with van der Waals surface area (Å²) < 4.78 is 19.5. The largest absolute Gasteiger partial charge is 0.493 e. The van der Waals surface area contributed by atoms with Crippen LogP contribution in [0.4, 0.5) is 0 Å². The number of rotatable bonds is 7. The molecule has 0 bridgehead atoms. The van der Waals surface area contributed by atoms with Gasteiger partial charge in [-0.3, -0.25) is 19.3 Å². The maximum absolute atomic E-state index is 12.9. The summed E-state index contributed by atoms with van der Waals surface area (Å²) in [6.07, 6.45) is 4.84. The van der Waals surface area contributed by atoms with E-state index in [1.165, 1.54) is 12.5 Å². The number of Topliss-reactive ketones (excluding diaryl/α,β-unsaturated/α-hetero) is 1. The first kappa shape index (κ1) is 22.2. The van der Waals surface area contributed by atoms with E-state index in [-0.39, 0.29) is 28.4 Å². The second-order valence-corrected chi connectivity index (χ2v) is 9.97. The fourth-order valence-electron chi connectivity index (χ4n) is 5.14. The van der Waals surface area contributed by atoms with Crippen molar-refractivity contribution in [2.75, 3.05) is 38.5 Å². The molecule has 7 nitrogen and oxygen atoms in total. The first-order chi connectivity index (χ1) is 15.8. The van der Waals surface area contributed by atoms with Crippen LogP contribution in [-0.2, 0) is 9.47 Å². The number of aromatic nitrogens is 1. The third-order valence-electron chi connectivity index (χ3n) is 6.87. The van der Waals surface area contributed by atoms with E-state index in [1.54, 1.807) is 19.4 Å². The van der Waals surface area contributed by atoms with Crippen LogP contribution in [0.2, 0.25) is 0 Å². The first-order valence-corrected chi connectivity index (χ1v) is 11.8. The zero-order chi connectivity index (χ0) is 23.3. The lowest BCUT2D eigenvalue weighted by Crippen LogP contribution is -2.61. The highest BCUT2D eigenvalue weighted by Gasteiger charge is 2.44. The van der Waals surface area contributed by atoms with Crippen molar-refractivity contribution in [1.29, 1.82) is 0 Å². The Kier molecular flexibility index (Phi) is 5.57. The quantitative estimate of drug-likeness (QED) is 0.470. The number of ether oxygens (including phenoxy) is 3. The first-order valence-electron chi connectivity index (χ1n) is 11.8. The third-order valence-corrected chi connectivity index (χ3v) is 6.87. The molecule has 1 aliphatic carbocycles. The predicted molar refractivity (Wildman–Crippen MR) is 126 cm³/mol. The van der Waals surface area contributed by atoms with Gasteiger partial charge in [0.25, 0.3) is 0 Å². The molecular formula is C26H32N2O5. The smallest absolute Gasteiger partial charge is 0.193 e. The Labute approximate surface area is 194 Å². The van der Waals surface area contributed by atoms with Crippen LogP contribution in [0.25, 0.3) is 11.3 Å². The molecule has 2 fully saturated rings. The van der Waals surface area contributed by atoms with Crippen LogP contribution in [0, 0.1) is 0 Å². The topological polar surface area (TPSA) is 70.0 Å². The minimum Gasteiger partial charge on any atom is -0.493 e. The molecule has 33 heavy (non-hydrogen) atoms. The monoisotopic (exact) mass is 452 g/mol. The number of nitrogens with zero attached hydrogens (tertiary/aromatic N) is 2. The summed E-state index contributed by atoms with van der Waals surface area (Å²) in [5.41, 5.74) is 3.79. The molecule has 7 heteroatoms. The van der Waals surface area contributed by atoms with Crippen molar-refractivity contribution in [2.45, 2.75) is 57.5 Å². The van der Waals surface area contributed by atoms with E-state index in [0.29, 0.717) is 32.3 Å². The maximum atomic E-state index is 12.9. The second kappa shape index (κ2) is 8.29. The standard InChI is InChI=1S/C26H32N2O5/c1-16(29)21-13-27-22(12-24(21)30)19-10-18(17-6-7-17)25(33-9-5-8-31-4)11-20(19)23-14-32-15-26(2,3)28(23)27/h10-13,17,23H,5-9,14-15H2,1-4H3/t23-/m1/s1. The molecule has 1 atom stereocenters. The van der Waals surface area contributed by atoms with E-state index < -0.39 is 0 Å². The molecule has 0 N–H and O–H groups in total. The van der Waals surface area contributed by atoms with E-state index in [0.717, 1.165) is 41.8 Å². The van der Waals surface area contributed by atoms with E-state index in [2.05, 4.69) is 31.0 Å². The average molecular weight is 453 g/mol. The highest BCUT2D eigenvalue weighted by molar-refractivity contribution is 5.94. The van der Waals surface area contributed by atoms with Crippen molar-refractivity contribution >= 4 is 5.78 Å². The van der Waals surface area contributed by atoms with Crippen LogP contribution in [0.5, 0.6) is 5.75 Å². The van der Waals surface area contributed by atoms with Crippen LogP contribution >= 0.6 is 0 Å². The lowest BCUT2D eigenvalue weighted by molar-refractivity contribution is 0.0177. The number of methoxy groups -OCH3 is 1. The Morgan fingerprint density at radius 3 is 2.67 bits per heavy atom. The zero-order valence-electron chi connectivity index (χ0n) is 19.8. The van der Waals surface area contributed by atoms with E-state index in [9.17, 15) is 9.59 Å². The van der Waals surface area contributed by atoms with Gasteiger partial charge in [0.05, 0.1) is 42.7 Å². The highest BCUT2D eigenvalue weighted by atomic mass is 16.5. The van der Waals surface area contributed by atoms with Crippen molar-refractivity contribution in [3.63, 3.8) is 0 Å². The van der Waals surface area contributed by atoms with Gasteiger partial charge in [-0.1, -0.05) is 0 Å². The zero-order valence-corrected chi connectivity index (χ0v) is 19.8. The second-order valence-electron chi connectivity index (χ2n) is 9.97. The number of ketones is 1. The van der Waals surface area contributed by atoms with Gasteiger partial charge in [-0.05, 0) is 62.8 Å². The molecule has 0 radical (unpaired) electrons. The number of hydrogen-bond acceptors (Lipinski definition) is 6. The van der Waals surface area contributed by atoms with E-state index in [1.807, 2.05) is 4.68 Å². The van der Waals surface area contributed by atoms with Crippen molar-refractivity contribution in [1.82, 2.24) is 4.68 Å². The maximum Gasteiger partial charge on any atom is 0.193 e.